The minimum absolute atomic E-state index is 0.747. The van der Waals surface area contributed by atoms with Crippen molar-refractivity contribution < 1.29 is 4.74 Å². The Labute approximate surface area is 172 Å². The third-order valence-electron chi connectivity index (χ3n) is 4.88. The molecule has 2 N–H and O–H groups in total. The molecule has 0 aliphatic carbocycles. The maximum atomic E-state index is 6.05. The van der Waals surface area contributed by atoms with Gasteiger partial charge in [-0.3, -0.25) is 9.89 Å². The highest BCUT2D eigenvalue weighted by Gasteiger charge is 2.12. The fourth-order valence-electron chi connectivity index (χ4n) is 3.30. The molecule has 0 saturated carbocycles. The van der Waals surface area contributed by atoms with Crippen molar-refractivity contribution in [2.45, 2.75) is 19.5 Å². The molecule has 6 heteroatoms. The van der Waals surface area contributed by atoms with Gasteiger partial charge in [0, 0.05) is 44.8 Å². The van der Waals surface area contributed by atoms with Gasteiger partial charge in [-0.2, -0.15) is 0 Å². The van der Waals surface area contributed by atoms with Gasteiger partial charge in [-0.1, -0.05) is 48.0 Å². The highest BCUT2D eigenvalue weighted by Crippen LogP contribution is 2.13. The van der Waals surface area contributed by atoms with E-state index >= 15 is 0 Å². The predicted molar refractivity (Wildman–Crippen MR) is 116 cm³/mol. The lowest BCUT2D eigenvalue weighted by Gasteiger charge is -2.27. The Kier molecular flexibility index (Phi) is 8.15. The van der Waals surface area contributed by atoms with Crippen molar-refractivity contribution in [1.29, 1.82) is 0 Å². The number of benzene rings is 2. The molecule has 1 saturated heterocycles. The first kappa shape index (κ1) is 20.6. The molecule has 150 valence electrons. The summed E-state index contributed by atoms with van der Waals surface area (Å²) in [5, 5.41) is 7.58. The summed E-state index contributed by atoms with van der Waals surface area (Å²) in [6, 6.07) is 16.6. The largest absolute Gasteiger partial charge is 0.379 e. The van der Waals surface area contributed by atoms with Gasteiger partial charge >= 0.3 is 0 Å². The molecular weight excluding hydrogens is 372 g/mol. The first-order valence-electron chi connectivity index (χ1n) is 9.80. The van der Waals surface area contributed by atoms with Gasteiger partial charge in [0.1, 0.15) is 0 Å². The van der Waals surface area contributed by atoms with Crippen LogP contribution in [0.3, 0.4) is 0 Å². The topological polar surface area (TPSA) is 48.9 Å². The normalized spacial score (nSPS) is 15.4. The molecule has 5 nitrogen and oxygen atoms in total. The first-order chi connectivity index (χ1) is 13.7. The summed E-state index contributed by atoms with van der Waals surface area (Å²) in [5.41, 5.74) is 3.87. The molecule has 2 aromatic carbocycles. The van der Waals surface area contributed by atoms with Crippen molar-refractivity contribution in [3.8, 4) is 0 Å². The van der Waals surface area contributed by atoms with Crippen molar-refractivity contribution in [2.24, 2.45) is 4.99 Å². The Hall–Kier alpha value is -2.08. The van der Waals surface area contributed by atoms with E-state index in [2.05, 4.69) is 50.9 Å². The van der Waals surface area contributed by atoms with Crippen LogP contribution in [0.25, 0.3) is 0 Å². The predicted octanol–water partition coefficient (Wildman–Crippen LogP) is 3.08. The average Bonchev–Trinajstić information content (AvgIpc) is 2.72. The van der Waals surface area contributed by atoms with Crippen molar-refractivity contribution in [2.75, 3.05) is 39.9 Å². The van der Waals surface area contributed by atoms with E-state index in [1.54, 1.807) is 7.05 Å². The number of nitrogens with zero attached hydrogens (tertiary/aromatic N) is 2. The maximum Gasteiger partial charge on any atom is 0.191 e. The van der Waals surface area contributed by atoms with Gasteiger partial charge in [0.25, 0.3) is 0 Å². The highest BCUT2D eigenvalue weighted by atomic mass is 35.5. The number of morpholine rings is 1. The van der Waals surface area contributed by atoms with Gasteiger partial charge in [0.15, 0.2) is 5.96 Å². The lowest BCUT2D eigenvalue weighted by atomic mass is 10.1. The number of rotatable bonds is 7. The molecule has 1 heterocycles. The second-order valence-electron chi connectivity index (χ2n) is 6.89. The van der Waals surface area contributed by atoms with Crippen LogP contribution >= 0.6 is 11.6 Å². The van der Waals surface area contributed by atoms with Gasteiger partial charge in [-0.05, 0) is 35.2 Å². The van der Waals surface area contributed by atoms with Gasteiger partial charge in [-0.15, -0.1) is 0 Å². The zero-order valence-corrected chi connectivity index (χ0v) is 17.2. The third kappa shape index (κ3) is 6.51. The van der Waals surface area contributed by atoms with Gasteiger partial charge in [-0.25, -0.2) is 0 Å². The van der Waals surface area contributed by atoms with Gasteiger partial charge in [0.05, 0.1) is 13.2 Å². The number of halogens is 1. The first-order valence-corrected chi connectivity index (χ1v) is 10.2. The smallest absolute Gasteiger partial charge is 0.191 e. The van der Waals surface area contributed by atoms with Crippen LogP contribution in [-0.2, 0) is 24.2 Å². The standard InChI is InChI=1S/C22H29ClN4O/c1-24-22(25-10-9-18-5-4-8-21(23)15-18)26-16-19-6-2-3-7-20(19)17-27-11-13-28-14-12-27/h2-8,15H,9-14,16-17H2,1H3,(H2,24,25,26). The minimum atomic E-state index is 0.747. The van der Waals surface area contributed by atoms with E-state index in [1.807, 2.05) is 18.2 Å². The van der Waals surface area contributed by atoms with Gasteiger partial charge < -0.3 is 15.4 Å². The summed E-state index contributed by atoms with van der Waals surface area (Å²) in [4.78, 5) is 6.78. The molecule has 1 fully saturated rings. The van der Waals surface area contributed by atoms with E-state index < -0.39 is 0 Å². The number of ether oxygens (including phenoxy) is 1. The van der Waals surface area contributed by atoms with Crippen molar-refractivity contribution in [3.63, 3.8) is 0 Å². The number of aliphatic imine (C=N–C) groups is 1. The Balaban J connectivity index is 1.49. The zero-order valence-electron chi connectivity index (χ0n) is 16.5. The molecule has 0 spiro atoms. The molecule has 28 heavy (non-hydrogen) atoms. The Morgan fingerprint density at radius 3 is 2.61 bits per heavy atom. The zero-order chi connectivity index (χ0) is 19.6. The summed E-state index contributed by atoms with van der Waals surface area (Å²) in [5.74, 6) is 0.809. The highest BCUT2D eigenvalue weighted by molar-refractivity contribution is 6.30. The summed E-state index contributed by atoms with van der Waals surface area (Å²) in [6.07, 6.45) is 0.898. The molecule has 0 amide bonds. The number of nitrogens with one attached hydrogen (secondary N) is 2. The molecule has 1 aliphatic rings. The van der Waals surface area contributed by atoms with E-state index in [9.17, 15) is 0 Å². The number of hydrogen-bond acceptors (Lipinski definition) is 3. The van der Waals surface area contributed by atoms with Crippen LogP contribution in [0.1, 0.15) is 16.7 Å². The van der Waals surface area contributed by atoms with Crippen molar-refractivity contribution >= 4 is 17.6 Å². The van der Waals surface area contributed by atoms with Crippen LogP contribution < -0.4 is 10.6 Å². The number of hydrogen-bond donors (Lipinski definition) is 2. The van der Waals surface area contributed by atoms with Crippen LogP contribution in [0, 0.1) is 0 Å². The molecule has 0 unspecified atom stereocenters. The van der Waals surface area contributed by atoms with Crippen LogP contribution in [0.2, 0.25) is 5.02 Å². The number of guanidine groups is 1. The molecule has 0 aromatic heterocycles. The van der Waals surface area contributed by atoms with E-state index in [0.717, 1.165) is 63.3 Å². The Bertz CT molecular complexity index is 775. The lowest BCUT2D eigenvalue weighted by Crippen LogP contribution is -2.38. The average molecular weight is 401 g/mol. The quantitative estimate of drug-likeness (QED) is 0.554. The molecular formula is C22H29ClN4O. The molecule has 0 radical (unpaired) electrons. The van der Waals surface area contributed by atoms with Crippen LogP contribution in [0.4, 0.5) is 0 Å². The molecule has 0 bridgehead atoms. The van der Waals surface area contributed by atoms with E-state index in [1.165, 1.54) is 16.7 Å². The van der Waals surface area contributed by atoms with Crippen LogP contribution in [-0.4, -0.2) is 50.8 Å². The van der Waals surface area contributed by atoms with Crippen molar-refractivity contribution in [3.05, 3.63) is 70.2 Å². The summed E-state index contributed by atoms with van der Waals surface area (Å²) in [7, 11) is 1.80. The summed E-state index contributed by atoms with van der Waals surface area (Å²) in [6.45, 7) is 6.14. The second-order valence-corrected chi connectivity index (χ2v) is 7.33. The molecule has 0 atom stereocenters. The van der Waals surface area contributed by atoms with E-state index in [4.69, 9.17) is 16.3 Å². The van der Waals surface area contributed by atoms with Gasteiger partial charge in [0.2, 0.25) is 0 Å². The molecule has 2 aromatic rings. The molecule has 1 aliphatic heterocycles. The Morgan fingerprint density at radius 2 is 1.86 bits per heavy atom. The Morgan fingerprint density at radius 1 is 1.07 bits per heavy atom. The second kappa shape index (κ2) is 11.1. The summed E-state index contributed by atoms with van der Waals surface area (Å²) < 4.78 is 5.45. The minimum Gasteiger partial charge on any atom is -0.379 e. The monoisotopic (exact) mass is 400 g/mol. The van der Waals surface area contributed by atoms with E-state index in [-0.39, 0.29) is 0 Å². The maximum absolute atomic E-state index is 6.05. The van der Waals surface area contributed by atoms with E-state index in [0.29, 0.717) is 0 Å². The van der Waals surface area contributed by atoms with Crippen molar-refractivity contribution in [1.82, 2.24) is 15.5 Å². The fourth-order valence-corrected chi connectivity index (χ4v) is 3.51. The summed E-state index contributed by atoms with van der Waals surface area (Å²) >= 11 is 6.05. The third-order valence-corrected chi connectivity index (χ3v) is 5.12. The SMILES string of the molecule is CN=C(NCCc1cccc(Cl)c1)NCc1ccccc1CN1CCOCC1. The van der Waals surface area contributed by atoms with Crippen LogP contribution in [0.5, 0.6) is 0 Å². The lowest BCUT2D eigenvalue weighted by molar-refractivity contribution is 0.0341. The van der Waals surface area contributed by atoms with Crippen LogP contribution in [0.15, 0.2) is 53.5 Å². The fraction of sp³-hybridized carbons (Fsp3) is 0.409. The molecule has 3 rings (SSSR count).